The van der Waals surface area contributed by atoms with E-state index in [0.29, 0.717) is 12.1 Å². The lowest BCUT2D eigenvalue weighted by Crippen LogP contribution is -2.35. The maximum atomic E-state index is 5.47. The van der Waals surface area contributed by atoms with E-state index in [-0.39, 0.29) is 0 Å². The van der Waals surface area contributed by atoms with Crippen molar-refractivity contribution < 1.29 is 9.47 Å². The zero-order chi connectivity index (χ0) is 11.5. The molecule has 0 aromatic carbocycles. The van der Waals surface area contributed by atoms with Gasteiger partial charge in [-0.2, -0.15) is 0 Å². The molecule has 0 saturated carbocycles. The van der Waals surface area contributed by atoms with Crippen LogP contribution in [0.1, 0.15) is 40.0 Å². The Morgan fingerprint density at radius 2 is 2.00 bits per heavy atom. The molecule has 1 N–H and O–H groups in total. The molecule has 0 saturated heterocycles. The Bertz CT molecular complexity index is 129. The van der Waals surface area contributed by atoms with Crippen LogP contribution in [0.5, 0.6) is 0 Å². The fourth-order valence-electron chi connectivity index (χ4n) is 1.45. The van der Waals surface area contributed by atoms with Crippen LogP contribution in [0.15, 0.2) is 0 Å². The van der Waals surface area contributed by atoms with Gasteiger partial charge in [0.05, 0.1) is 19.3 Å². The van der Waals surface area contributed by atoms with Crippen molar-refractivity contribution in [2.45, 2.75) is 52.2 Å². The molecule has 0 aliphatic carbocycles. The van der Waals surface area contributed by atoms with Gasteiger partial charge < -0.3 is 14.8 Å². The van der Waals surface area contributed by atoms with Crippen molar-refractivity contribution in [3.8, 4) is 0 Å². The molecule has 15 heavy (non-hydrogen) atoms. The molecular formula is C12H27NO2. The van der Waals surface area contributed by atoms with E-state index in [1.807, 2.05) is 0 Å². The van der Waals surface area contributed by atoms with Crippen LogP contribution in [0.2, 0.25) is 0 Å². The summed E-state index contributed by atoms with van der Waals surface area (Å²) in [6.07, 6.45) is 4.01. The van der Waals surface area contributed by atoms with Crippen LogP contribution in [-0.4, -0.2) is 39.0 Å². The quantitative estimate of drug-likeness (QED) is 0.569. The van der Waals surface area contributed by atoms with Gasteiger partial charge in [-0.3, -0.25) is 0 Å². The molecular weight excluding hydrogens is 190 g/mol. The van der Waals surface area contributed by atoms with Crippen LogP contribution in [0.4, 0.5) is 0 Å². The molecule has 0 heterocycles. The Morgan fingerprint density at radius 1 is 1.27 bits per heavy atom. The van der Waals surface area contributed by atoms with Gasteiger partial charge in [-0.15, -0.1) is 0 Å². The van der Waals surface area contributed by atoms with Crippen LogP contribution in [0.3, 0.4) is 0 Å². The zero-order valence-electron chi connectivity index (χ0n) is 10.7. The van der Waals surface area contributed by atoms with Crippen LogP contribution in [0.25, 0.3) is 0 Å². The number of hydrogen-bond acceptors (Lipinski definition) is 3. The van der Waals surface area contributed by atoms with E-state index < -0.39 is 0 Å². The van der Waals surface area contributed by atoms with E-state index >= 15 is 0 Å². The van der Waals surface area contributed by atoms with Gasteiger partial charge in [0.1, 0.15) is 0 Å². The highest BCUT2D eigenvalue weighted by Gasteiger charge is 2.06. The van der Waals surface area contributed by atoms with Crippen LogP contribution < -0.4 is 5.32 Å². The Labute approximate surface area is 94.5 Å². The molecule has 0 aliphatic rings. The maximum Gasteiger partial charge on any atom is 0.0615 e. The second-order valence-corrected chi connectivity index (χ2v) is 4.17. The van der Waals surface area contributed by atoms with Crippen molar-refractivity contribution in [2.75, 3.05) is 26.9 Å². The van der Waals surface area contributed by atoms with Crippen LogP contribution >= 0.6 is 0 Å². The average molecular weight is 217 g/mol. The molecule has 0 bridgehead atoms. The minimum absolute atomic E-state index is 0.323. The van der Waals surface area contributed by atoms with Gasteiger partial charge in [-0.1, -0.05) is 19.8 Å². The van der Waals surface area contributed by atoms with E-state index in [1.165, 1.54) is 19.3 Å². The Hall–Kier alpha value is -0.120. The topological polar surface area (TPSA) is 30.5 Å². The normalized spacial score (nSPS) is 13.4. The summed E-state index contributed by atoms with van der Waals surface area (Å²) >= 11 is 0. The van der Waals surface area contributed by atoms with Gasteiger partial charge in [0.15, 0.2) is 0 Å². The van der Waals surface area contributed by atoms with Crippen LogP contribution in [0, 0.1) is 0 Å². The molecule has 1 unspecified atom stereocenters. The summed E-state index contributed by atoms with van der Waals surface area (Å²) in [7, 11) is 1.76. The highest BCUT2D eigenvalue weighted by atomic mass is 16.5. The molecule has 0 aromatic heterocycles. The summed E-state index contributed by atoms with van der Waals surface area (Å²) in [5.41, 5.74) is 0. The smallest absolute Gasteiger partial charge is 0.0615 e. The third-order valence-corrected chi connectivity index (χ3v) is 2.26. The van der Waals surface area contributed by atoms with E-state index in [1.54, 1.807) is 7.11 Å². The Morgan fingerprint density at radius 3 is 2.53 bits per heavy atom. The second kappa shape index (κ2) is 10.4. The van der Waals surface area contributed by atoms with E-state index in [2.05, 4.69) is 26.1 Å². The van der Waals surface area contributed by atoms with Crippen molar-refractivity contribution >= 4 is 0 Å². The molecule has 0 aromatic rings. The molecule has 0 rings (SSSR count). The van der Waals surface area contributed by atoms with Crippen molar-refractivity contribution in [1.82, 2.24) is 5.32 Å². The number of hydrogen-bond donors (Lipinski definition) is 1. The lowest BCUT2D eigenvalue weighted by atomic mass is 10.1. The summed E-state index contributed by atoms with van der Waals surface area (Å²) in [5.74, 6) is 0. The van der Waals surface area contributed by atoms with E-state index in [4.69, 9.17) is 9.47 Å². The Kier molecular flexibility index (Phi) is 10.3. The Balaban J connectivity index is 3.47. The predicted octanol–water partition coefficient (Wildman–Crippen LogP) is 2.21. The molecule has 0 fully saturated rings. The number of ether oxygens (including phenoxy) is 2. The first-order valence-electron chi connectivity index (χ1n) is 6.04. The fourth-order valence-corrected chi connectivity index (χ4v) is 1.45. The zero-order valence-corrected chi connectivity index (χ0v) is 10.7. The lowest BCUT2D eigenvalue weighted by Gasteiger charge is -2.18. The third-order valence-electron chi connectivity index (χ3n) is 2.26. The van der Waals surface area contributed by atoms with Gasteiger partial charge >= 0.3 is 0 Å². The standard InChI is InChI=1S/C12H27NO2/c1-5-6-7-12(10-14-4)13-8-9-15-11(2)3/h11-13H,5-10H2,1-4H3. The molecule has 3 nitrogen and oxygen atoms in total. The van der Waals surface area contributed by atoms with Crippen molar-refractivity contribution in [3.05, 3.63) is 0 Å². The number of nitrogens with one attached hydrogen (secondary N) is 1. The highest BCUT2D eigenvalue weighted by molar-refractivity contribution is 4.65. The van der Waals surface area contributed by atoms with Gasteiger partial charge in [0.25, 0.3) is 0 Å². The van der Waals surface area contributed by atoms with Gasteiger partial charge in [0.2, 0.25) is 0 Å². The SMILES string of the molecule is CCCCC(COC)NCCOC(C)C. The van der Waals surface area contributed by atoms with Crippen molar-refractivity contribution in [2.24, 2.45) is 0 Å². The van der Waals surface area contributed by atoms with E-state index in [0.717, 1.165) is 19.8 Å². The first-order chi connectivity index (χ1) is 7.20. The van der Waals surface area contributed by atoms with Crippen molar-refractivity contribution in [1.29, 1.82) is 0 Å². The first kappa shape index (κ1) is 14.9. The number of methoxy groups -OCH3 is 1. The summed E-state index contributed by atoms with van der Waals surface area (Å²) in [6, 6.07) is 0.478. The second-order valence-electron chi connectivity index (χ2n) is 4.17. The minimum atomic E-state index is 0.323. The molecule has 1 atom stereocenters. The molecule has 0 spiro atoms. The first-order valence-corrected chi connectivity index (χ1v) is 6.04. The monoisotopic (exact) mass is 217 g/mol. The van der Waals surface area contributed by atoms with E-state index in [9.17, 15) is 0 Å². The molecule has 0 amide bonds. The summed E-state index contributed by atoms with van der Waals surface area (Å²) in [6.45, 7) is 8.82. The third kappa shape index (κ3) is 10.2. The maximum absolute atomic E-state index is 5.47. The highest BCUT2D eigenvalue weighted by Crippen LogP contribution is 2.00. The molecule has 0 radical (unpaired) electrons. The van der Waals surface area contributed by atoms with Gasteiger partial charge in [0, 0.05) is 19.7 Å². The number of unbranched alkanes of at least 4 members (excludes halogenated alkanes) is 1. The summed E-state index contributed by atoms with van der Waals surface area (Å²) in [5, 5.41) is 3.46. The number of rotatable bonds is 10. The van der Waals surface area contributed by atoms with Crippen molar-refractivity contribution in [3.63, 3.8) is 0 Å². The predicted molar refractivity (Wildman–Crippen MR) is 64.3 cm³/mol. The largest absolute Gasteiger partial charge is 0.383 e. The summed E-state index contributed by atoms with van der Waals surface area (Å²) < 4.78 is 10.6. The van der Waals surface area contributed by atoms with Gasteiger partial charge in [-0.05, 0) is 20.3 Å². The van der Waals surface area contributed by atoms with Gasteiger partial charge in [-0.25, -0.2) is 0 Å². The van der Waals surface area contributed by atoms with Crippen LogP contribution in [-0.2, 0) is 9.47 Å². The lowest BCUT2D eigenvalue weighted by molar-refractivity contribution is 0.0756. The minimum Gasteiger partial charge on any atom is -0.383 e. The average Bonchev–Trinajstić information content (AvgIpc) is 2.20. The molecule has 0 aliphatic heterocycles. The fraction of sp³-hybridized carbons (Fsp3) is 1.00. The molecule has 92 valence electrons. The summed E-state index contributed by atoms with van der Waals surface area (Å²) in [4.78, 5) is 0. The molecule has 3 heteroatoms.